The minimum Gasteiger partial charge on any atom is -0.494 e. The first-order chi connectivity index (χ1) is 16.6. The van der Waals surface area contributed by atoms with Gasteiger partial charge in [0.15, 0.2) is 16.6 Å². The van der Waals surface area contributed by atoms with Crippen LogP contribution in [0.4, 0.5) is 5.13 Å². The van der Waals surface area contributed by atoms with E-state index in [1.807, 2.05) is 18.2 Å². The van der Waals surface area contributed by atoms with E-state index in [9.17, 15) is 4.79 Å². The number of aromatic nitrogens is 1. The largest absolute Gasteiger partial charge is 0.494 e. The lowest BCUT2D eigenvalue weighted by Gasteiger charge is -2.27. The van der Waals surface area contributed by atoms with E-state index in [4.69, 9.17) is 35.5 Å². The van der Waals surface area contributed by atoms with Crippen molar-refractivity contribution in [3.05, 3.63) is 40.9 Å². The molecule has 2 aliphatic heterocycles. The number of hydrogen-bond acceptors (Lipinski definition) is 8. The van der Waals surface area contributed by atoms with Crippen molar-refractivity contribution in [2.24, 2.45) is 0 Å². The van der Waals surface area contributed by atoms with E-state index in [2.05, 4.69) is 4.90 Å². The molecule has 3 aromatic rings. The zero-order chi connectivity index (χ0) is 23.5. The Hall–Kier alpha value is -2.30. The fourth-order valence-corrected chi connectivity index (χ4v) is 5.45. The second-order valence-electron chi connectivity index (χ2n) is 8.14. The number of halogens is 2. The van der Waals surface area contributed by atoms with Crippen LogP contribution < -0.4 is 19.1 Å². The van der Waals surface area contributed by atoms with Gasteiger partial charge in [-0.05, 0) is 36.2 Å². The summed E-state index contributed by atoms with van der Waals surface area (Å²) in [5.74, 6) is 1.97. The number of rotatable bonds is 8. The highest BCUT2D eigenvalue weighted by atomic mass is 35.5. The maximum Gasteiger partial charge on any atom is 0.233 e. The van der Waals surface area contributed by atoms with Gasteiger partial charge in [0.2, 0.25) is 12.7 Å². The van der Waals surface area contributed by atoms with Gasteiger partial charge in [-0.2, -0.15) is 0 Å². The van der Waals surface area contributed by atoms with Crippen molar-refractivity contribution in [3.63, 3.8) is 0 Å². The van der Waals surface area contributed by atoms with Crippen LogP contribution in [0.25, 0.3) is 10.2 Å². The zero-order valence-corrected chi connectivity index (χ0v) is 21.7. The number of thiazole rings is 1. The van der Waals surface area contributed by atoms with Crippen molar-refractivity contribution in [1.29, 1.82) is 0 Å². The van der Waals surface area contributed by atoms with E-state index in [0.29, 0.717) is 39.5 Å². The number of carbonyl (C=O) groups is 1. The van der Waals surface area contributed by atoms with Crippen LogP contribution in [0.15, 0.2) is 30.3 Å². The summed E-state index contributed by atoms with van der Waals surface area (Å²) in [6, 6.07) is 9.20. The van der Waals surface area contributed by atoms with E-state index < -0.39 is 0 Å². The lowest BCUT2D eigenvalue weighted by atomic mass is 10.1. The van der Waals surface area contributed by atoms with Crippen LogP contribution in [0, 0.1) is 0 Å². The Morgan fingerprint density at radius 2 is 2.00 bits per heavy atom. The van der Waals surface area contributed by atoms with Gasteiger partial charge in [0, 0.05) is 26.2 Å². The topological polar surface area (TPSA) is 73.4 Å². The molecule has 188 valence electrons. The number of hydrogen-bond donors (Lipinski definition) is 0. The first-order valence-electron chi connectivity index (χ1n) is 11.2. The van der Waals surface area contributed by atoms with Crippen molar-refractivity contribution in [3.8, 4) is 17.2 Å². The van der Waals surface area contributed by atoms with Crippen molar-refractivity contribution in [1.82, 2.24) is 9.88 Å². The van der Waals surface area contributed by atoms with E-state index in [1.54, 1.807) is 24.1 Å². The molecule has 35 heavy (non-hydrogen) atoms. The Balaban J connectivity index is 0.00000289. The summed E-state index contributed by atoms with van der Waals surface area (Å²) in [5.41, 5.74) is 1.54. The van der Waals surface area contributed by atoms with E-state index in [0.717, 1.165) is 49.5 Å². The minimum absolute atomic E-state index is 0. The number of ether oxygens (including phenoxy) is 4. The molecule has 0 N–H and O–H groups in total. The molecule has 0 spiro atoms. The normalized spacial score (nSPS) is 15.1. The maximum absolute atomic E-state index is 13.5. The van der Waals surface area contributed by atoms with Crippen molar-refractivity contribution < 1.29 is 23.7 Å². The molecule has 5 rings (SSSR count). The van der Waals surface area contributed by atoms with Crippen molar-refractivity contribution >= 4 is 56.6 Å². The molecule has 0 saturated carbocycles. The summed E-state index contributed by atoms with van der Waals surface area (Å²) in [6.07, 6.45) is 1.06. The van der Waals surface area contributed by atoms with E-state index in [1.165, 1.54) is 11.3 Å². The Morgan fingerprint density at radius 1 is 1.20 bits per heavy atom. The van der Waals surface area contributed by atoms with Crippen LogP contribution in [-0.4, -0.2) is 69.1 Å². The fraction of sp³-hybridized carbons (Fsp3) is 0.417. The van der Waals surface area contributed by atoms with Crippen LogP contribution in [0.1, 0.15) is 12.0 Å². The van der Waals surface area contributed by atoms with Gasteiger partial charge in [0.25, 0.3) is 0 Å². The van der Waals surface area contributed by atoms with Crippen LogP contribution in [0.3, 0.4) is 0 Å². The summed E-state index contributed by atoms with van der Waals surface area (Å²) >= 11 is 7.85. The number of carbonyl (C=O) groups excluding carboxylic acids is 1. The second kappa shape index (κ2) is 11.6. The molecule has 2 aromatic carbocycles. The molecule has 11 heteroatoms. The predicted molar refractivity (Wildman–Crippen MR) is 139 cm³/mol. The lowest BCUT2D eigenvalue weighted by molar-refractivity contribution is -0.118. The summed E-state index contributed by atoms with van der Waals surface area (Å²) in [7, 11) is 1.60. The highest BCUT2D eigenvalue weighted by Gasteiger charge is 2.24. The number of anilines is 1. The number of methoxy groups -OCH3 is 1. The molecule has 0 unspecified atom stereocenters. The SMILES string of the molecule is COc1ccc(Cl)c2sc(N(CCCN3CCOCC3)C(=O)Cc3ccc4c(c3)OCO4)nc12.Cl. The standard InChI is InChI=1S/C24H26ClN3O5S.ClH/c1-30-19-6-4-17(25)23-22(19)26-24(34-23)28(8-2-7-27-9-11-31-12-10-27)21(29)14-16-3-5-18-20(13-16)33-15-32-18;/h3-6,13H,2,7-12,14-15H2,1H3;1H. The molecule has 0 bridgehead atoms. The van der Waals surface area contributed by atoms with Gasteiger partial charge in [-0.25, -0.2) is 4.98 Å². The van der Waals surface area contributed by atoms with Gasteiger partial charge in [0.05, 0.1) is 36.5 Å². The monoisotopic (exact) mass is 539 g/mol. The molecule has 3 heterocycles. The molecule has 2 aliphatic rings. The van der Waals surface area contributed by atoms with E-state index >= 15 is 0 Å². The average Bonchev–Trinajstić information content (AvgIpc) is 3.50. The third-order valence-electron chi connectivity index (χ3n) is 5.95. The third-order valence-corrected chi connectivity index (χ3v) is 7.49. The Kier molecular flexibility index (Phi) is 8.56. The molecule has 8 nitrogen and oxygen atoms in total. The number of benzene rings is 2. The number of nitrogens with zero attached hydrogens (tertiary/aromatic N) is 3. The number of morpholine rings is 1. The van der Waals surface area contributed by atoms with Crippen LogP contribution >= 0.6 is 35.3 Å². The van der Waals surface area contributed by atoms with Crippen LogP contribution in [-0.2, 0) is 16.0 Å². The molecule has 1 fully saturated rings. The molecule has 0 radical (unpaired) electrons. The molecule has 0 atom stereocenters. The van der Waals surface area contributed by atoms with Crippen LogP contribution in [0.5, 0.6) is 17.2 Å². The average molecular weight is 540 g/mol. The number of fused-ring (bicyclic) bond motifs is 2. The lowest BCUT2D eigenvalue weighted by Crippen LogP contribution is -2.39. The molecule has 0 aliphatic carbocycles. The smallest absolute Gasteiger partial charge is 0.233 e. The Labute approximate surface area is 219 Å². The van der Waals surface area contributed by atoms with Gasteiger partial charge in [0.1, 0.15) is 11.3 Å². The van der Waals surface area contributed by atoms with Gasteiger partial charge in [-0.15, -0.1) is 12.4 Å². The van der Waals surface area contributed by atoms with Crippen molar-refractivity contribution in [2.75, 3.05) is 58.2 Å². The molecule has 1 amide bonds. The maximum atomic E-state index is 13.5. The van der Waals surface area contributed by atoms with Gasteiger partial charge >= 0.3 is 0 Å². The summed E-state index contributed by atoms with van der Waals surface area (Å²) < 4.78 is 22.6. The summed E-state index contributed by atoms with van der Waals surface area (Å²) in [6.45, 7) is 4.99. The number of amides is 1. The van der Waals surface area contributed by atoms with Crippen LogP contribution in [0.2, 0.25) is 5.02 Å². The van der Waals surface area contributed by atoms with Gasteiger partial charge in [-0.3, -0.25) is 14.6 Å². The quantitative estimate of drug-likeness (QED) is 0.419. The van der Waals surface area contributed by atoms with Gasteiger partial charge in [-0.1, -0.05) is 29.0 Å². The van der Waals surface area contributed by atoms with E-state index in [-0.39, 0.29) is 31.5 Å². The second-order valence-corrected chi connectivity index (χ2v) is 9.53. The molecular formula is C24H27Cl2N3O5S. The zero-order valence-electron chi connectivity index (χ0n) is 19.3. The molecule has 1 aromatic heterocycles. The highest BCUT2D eigenvalue weighted by Crippen LogP contribution is 2.39. The minimum atomic E-state index is -0.0324. The Bertz CT molecular complexity index is 1190. The highest BCUT2D eigenvalue weighted by molar-refractivity contribution is 7.23. The van der Waals surface area contributed by atoms with Gasteiger partial charge < -0.3 is 18.9 Å². The predicted octanol–water partition coefficient (Wildman–Crippen LogP) is 4.41. The summed E-state index contributed by atoms with van der Waals surface area (Å²) in [5, 5.41) is 1.21. The molecule has 1 saturated heterocycles. The Morgan fingerprint density at radius 3 is 2.80 bits per heavy atom. The summed E-state index contributed by atoms with van der Waals surface area (Å²) in [4.78, 5) is 22.4. The molecular weight excluding hydrogens is 513 g/mol. The third kappa shape index (κ3) is 5.76. The van der Waals surface area contributed by atoms with Crippen molar-refractivity contribution in [2.45, 2.75) is 12.8 Å². The fourth-order valence-electron chi connectivity index (χ4n) is 4.15. The first-order valence-corrected chi connectivity index (χ1v) is 12.4. The first kappa shape index (κ1) is 25.8.